The summed E-state index contributed by atoms with van der Waals surface area (Å²) in [6.07, 6.45) is 0.923. The zero-order valence-electron chi connectivity index (χ0n) is 6.14. The summed E-state index contributed by atoms with van der Waals surface area (Å²) in [5.74, 6) is -0.218. The molecular formula is C6H12ClNO2. The van der Waals surface area contributed by atoms with Crippen molar-refractivity contribution >= 4 is 18.4 Å². The molecule has 0 aromatic carbocycles. The number of hydrogen-bond acceptors (Lipinski definition) is 3. The molecule has 1 fully saturated rings. The third-order valence-corrected chi connectivity index (χ3v) is 1.47. The van der Waals surface area contributed by atoms with Crippen molar-refractivity contribution in [3.63, 3.8) is 0 Å². The van der Waals surface area contributed by atoms with Crippen molar-refractivity contribution in [3.05, 3.63) is 0 Å². The molecule has 0 aromatic heterocycles. The van der Waals surface area contributed by atoms with Crippen LogP contribution in [0.2, 0.25) is 0 Å². The maximum absolute atomic E-state index is 10.4. The lowest BCUT2D eigenvalue weighted by Gasteiger charge is -2.38. The van der Waals surface area contributed by atoms with Crippen molar-refractivity contribution in [1.29, 1.82) is 0 Å². The van der Waals surface area contributed by atoms with Crippen LogP contribution in [0.3, 0.4) is 0 Å². The van der Waals surface area contributed by atoms with Gasteiger partial charge < -0.3 is 4.74 Å². The Morgan fingerprint density at radius 3 is 2.30 bits per heavy atom. The highest BCUT2D eigenvalue weighted by Gasteiger charge is 2.33. The van der Waals surface area contributed by atoms with Gasteiger partial charge in [-0.1, -0.05) is 0 Å². The van der Waals surface area contributed by atoms with Crippen LogP contribution in [0.5, 0.6) is 0 Å². The van der Waals surface area contributed by atoms with Gasteiger partial charge in [0.2, 0.25) is 0 Å². The Hall–Kier alpha value is -0.280. The fourth-order valence-electron chi connectivity index (χ4n) is 0.881. The van der Waals surface area contributed by atoms with Gasteiger partial charge in [-0.25, -0.2) is 0 Å². The van der Waals surface area contributed by atoms with Crippen LogP contribution in [-0.4, -0.2) is 18.2 Å². The van der Waals surface area contributed by atoms with Crippen LogP contribution >= 0.6 is 12.4 Å². The first-order valence-electron chi connectivity index (χ1n) is 3.07. The maximum Gasteiger partial charge on any atom is 0.304 e. The summed E-state index contributed by atoms with van der Waals surface area (Å²) >= 11 is 0. The number of carbonyl (C=O) groups excluding carboxylic acids is 1. The Balaban J connectivity index is 0.000000810. The van der Waals surface area contributed by atoms with Gasteiger partial charge in [0.15, 0.2) is 5.72 Å². The number of carbonyl (C=O) groups is 1. The predicted octanol–water partition coefficient (Wildman–Crippen LogP) is 0.681. The van der Waals surface area contributed by atoms with E-state index in [1.165, 1.54) is 6.92 Å². The zero-order chi connectivity index (χ0) is 6.91. The number of esters is 1. The van der Waals surface area contributed by atoms with Crippen LogP contribution in [-0.2, 0) is 9.53 Å². The third kappa shape index (κ3) is 2.15. The summed E-state index contributed by atoms with van der Waals surface area (Å²) < 4.78 is 4.92. The molecule has 1 heterocycles. The second kappa shape index (κ2) is 3.21. The Bertz CT molecular complexity index is 134. The summed E-state index contributed by atoms with van der Waals surface area (Å²) in [4.78, 5) is 10.4. The largest absolute Gasteiger partial charge is 0.444 e. The van der Waals surface area contributed by atoms with E-state index in [0.29, 0.717) is 0 Å². The average molecular weight is 166 g/mol. The van der Waals surface area contributed by atoms with Gasteiger partial charge in [0.05, 0.1) is 0 Å². The van der Waals surface area contributed by atoms with Crippen LogP contribution in [0, 0.1) is 0 Å². The van der Waals surface area contributed by atoms with E-state index < -0.39 is 0 Å². The minimum Gasteiger partial charge on any atom is -0.444 e. The number of hydrogen-bond donors (Lipinski definition) is 1. The summed E-state index contributed by atoms with van der Waals surface area (Å²) in [5, 5.41) is 3.01. The van der Waals surface area contributed by atoms with Crippen LogP contribution in [0.1, 0.15) is 20.3 Å². The zero-order valence-corrected chi connectivity index (χ0v) is 6.96. The minimum atomic E-state index is -0.355. The highest BCUT2D eigenvalue weighted by molar-refractivity contribution is 5.85. The molecule has 10 heavy (non-hydrogen) atoms. The van der Waals surface area contributed by atoms with Crippen LogP contribution in [0.15, 0.2) is 0 Å². The second-order valence-corrected chi connectivity index (χ2v) is 2.50. The van der Waals surface area contributed by atoms with Crippen molar-refractivity contribution in [2.24, 2.45) is 0 Å². The SMILES string of the molecule is CC(=O)O[C@]1(C)CCN1.Cl. The van der Waals surface area contributed by atoms with Crippen molar-refractivity contribution in [1.82, 2.24) is 5.32 Å². The molecule has 0 amide bonds. The van der Waals surface area contributed by atoms with Gasteiger partial charge in [0.1, 0.15) is 0 Å². The first-order valence-corrected chi connectivity index (χ1v) is 3.07. The molecular weight excluding hydrogens is 154 g/mol. The normalized spacial score (nSPS) is 29.8. The summed E-state index contributed by atoms with van der Waals surface area (Å²) in [5.41, 5.74) is -0.355. The Morgan fingerprint density at radius 1 is 1.70 bits per heavy atom. The molecule has 0 aromatic rings. The molecule has 1 saturated heterocycles. The quantitative estimate of drug-likeness (QED) is 0.581. The van der Waals surface area contributed by atoms with Gasteiger partial charge in [-0.15, -0.1) is 12.4 Å². The predicted molar refractivity (Wildman–Crippen MR) is 40.0 cm³/mol. The molecule has 0 aliphatic carbocycles. The van der Waals surface area contributed by atoms with Gasteiger partial charge in [-0.05, 0) is 6.92 Å². The fraction of sp³-hybridized carbons (Fsp3) is 0.833. The molecule has 3 nitrogen and oxygen atoms in total. The van der Waals surface area contributed by atoms with Gasteiger partial charge in [-0.2, -0.15) is 0 Å². The lowest BCUT2D eigenvalue weighted by atomic mass is 10.1. The molecule has 0 unspecified atom stereocenters. The van der Waals surface area contributed by atoms with Crippen LogP contribution in [0.25, 0.3) is 0 Å². The average Bonchev–Trinajstić information content (AvgIpc) is 1.60. The molecule has 1 N–H and O–H groups in total. The molecule has 4 heteroatoms. The van der Waals surface area contributed by atoms with Crippen LogP contribution in [0.4, 0.5) is 0 Å². The van der Waals surface area contributed by atoms with Gasteiger partial charge in [0, 0.05) is 19.9 Å². The smallest absolute Gasteiger partial charge is 0.304 e. The van der Waals surface area contributed by atoms with Crippen LogP contribution < -0.4 is 5.32 Å². The summed E-state index contributed by atoms with van der Waals surface area (Å²) in [7, 11) is 0. The Kier molecular flexibility index (Phi) is 3.12. The second-order valence-electron chi connectivity index (χ2n) is 2.50. The molecule has 0 saturated carbocycles. The standard InChI is InChI=1S/C6H11NO2.ClH/c1-5(8)9-6(2)3-4-7-6;/h7H,3-4H2,1-2H3;1H/t6-;/m1./s1. The Labute approximate surface area is 66.5 Å². The van der Waals surface area contributed by atoms with Gasteiger partial charge in [-0.3, -0.25) is 10.1 Å². The van der Waals surface area contributed by atoms with E-state index in [1.807, 2.05) is 6.92 Å². The number of nitrogens with one attached hydrogen (secondary N) is 1. The molecule has 0 bridgehead atoms. The lowest BCUT2D eigenvalue weighted by molar-refractivity contribution is -0.167. The summed E-state index contributed by atoms with van der Waals surface area (Å²) in [6.45, 7) is 4.24. The van der Waals surface area contributed by atoms with E-state index in [9.17, 15) is 4.79 Å². The molecule has 0 radical (unpaired) electrons. The van der Waals surface area contributed by atoms with E-state index in [0.717, 1.165) is 13.0 Å². The van der Waals surface area contributed by atoms with E-state index in [4.69, 9.17) is 4.74 Å². The van der Waals surface area contributed by atoms with Crippen molar-refractivity contribution < 1.29 is 9.53 Å². The first-order chi connectivity index (χ1) is 4.12. The number of ether oxygens (including phenoxy) is 1. The molecule has 1 aliphatic rings. The lowest BCUT2D eigenvalue weighted by Crippen LogP contribution is -2.57. The van der Waals surface area contributed by atoms with E-state index >= 15 is 0 Å². The minimum absolute atomic E-state index is 0. The van der Waals surface area contributed by atoms with E-state index in [2.05, 4.69) is 5.32 Å². The number of halogens is 1. The summed E-state index contributed by atoms with van der Waals surface area (Å²) in [6, 6.07) is 0. The maximum atomic E-state index is 10.4. The highest BCUT2D eigenvalue weighted by atomic mass is 35.5. The van der Waals surface area contributed by atoms with E-state index in [1.54, 1.807) is 0 Å². The highest BCUT2D eigenvalue weighted by Crippen LogP contribution is 2.18. The first kappa shape index (κ1) is 9.72. The number of rotatable bonds is 1. The van der Waals surface area contributed by atoms with Crippen molar-refractivity contribution in [3.8, 4) is 0 Å². The monoisotopic (exact) mass is 165 g/mol. The van der Waals surface area contributed by atoms with Gasteiger partial charge >= 0.3 is 5.97 Å². The third-order valence-electron chi connectivity index (χ3n) is 1.47. The molecule has 60 valence electrons. The van der Waals surface area contributed by atoms with E-state index in [-0.39, 0.29) is 24.1 Å². The molecule has 0 spiro atoms. The Morgan fingerprint density at radius 2 is 2.20 bits per heavy atom. The van der Waals surface area contributed by atoms with Crippen molar-refractivity contribution in [2.75, 3.05) is 6.54 Å². The van der Waals surface area contributed by atoms with Gasteiger partial charge in [0.25, 0.3) is 0 Å². The molecule has 1 rings (SSSR count). The fourth-order valence-corrected chi connectivity index (χ4v) is 0.881. The topological polar surface area (TPSA) is 38.3 Å². The molecule has 1 aliphatic heterocycles. The molecule has 1 atom stereocenters. The van der Waals surface area contributed by atoms with Crippen molar-refractivity contribution in [2.45, 2.75) is 26.0 Å².